The zero-order valence-electron chi connectivity index (χ0n) is 13.8. The van der Waals surface area contributed by atoms with Crippen LogP contribution in [0.15, 0.2) is 53.9 Å². The summed E-state index contributed by atoms with van der Waals surface area (Å²) >= 11 is 7.77. The van der Waals surface area contributed by atoms with Crippen LogP contribution >= 0.6 is 22.9 Å². The Morgan fingerprint density at radius 3 is 2.84 bits per heavy atom. The Balaban J connectivity index is 1.56. The van der Waals surface area contributed by atoms with E-state index in [2.05, 4.69) is 18.0 Å². The van der Waals surface area contributed by atoms with Gasteiger partial charge in [0, 0.05) is 22.7 Å². The summed E-state index contributed by atoms with van der Waals surface area (Å²) in [5.41, 5.74) is 3.97. The fraction of sp³-hybridized carbons (Fsp3) is 0.200. The first-order chi connectivity index (χ1) is 12.1. The van der Waals surface area contributed by atoms with Crippen molar-refractivity contribution in [2.75, 3.05) is 4.90 Å². The Kier molecular flexibility index (Phi) is 4.32. The molecule has 5 heteroatoms. The lowest BCUT2D eigenvalue weighted by atomic mass is 10.1. The minimum absolute atomic E-state index is 0.0912. The van der Waals surface area contributed by atoms with Gasteiger partial charge in [0.25, 0.3) is 0 Å². The SMILES string of the molecule is CC1Cc2ccccc2N1C(=O)Cc1csc(-c2ccccc2Cl)n1. The van der Waals surface area contributed by atoms with Crippen molar-refractivity contribution in [2.45, 2.75) is 25.8 Å². The number of amides is 1. The number of halogens is 1. The number of rotatable bonds is 3. The monoisotopic (exact) mass is 368 g/mol. The van der Waals surface area contributed by atoms with Crippen molar-refractivity contribution < 1.29 is 4.79 Å². The summed E-state index contributed by atoms with van der Waals surface area (Å²) in [5.74, 6) is 0.0912. The van der Waals surface area contributed by atoms with Gasteiger partial charge >= 0.3 is 0 Å². The van der Waals surface area contributed by atoms with Gasteiger partial charge < -0.3 is 4.90 Å². The first kappa shape index (κ1) is 16.3. The molecule has 0 saturated heterocycles. The van der Waals surface area contributed by atoms with E-state index in [4.69, 9.17) is 11.6 Å². The number of para-hydroxylation sites is 1. The van der Waals surface area contributed by atoms with E-state index in [1.807, 2.05) is 52.7 Å². The highest BCUT2D eigenvalue weighted by Gasteiger charge is 2.30. The summed E-state index contributed by atoms with van der Waals surface area (Å²) in [5, 5.41) is 3.48. The summed E-state index contributed by atoms with van der Waals surface area (Å²) < 4.78 is 0. The molecule has 3 aromatic rings. The van der Waals surface area contributed by atoms with Gasteiger partial charge in [-0.3, -0.25) is 4.79 Å². The van der Waals surface area contributed by atoms with Gasteiger partial charge in [0.05, 0.1) is 17.1 Å². The maximum absolute atomic E-state index is 12.9. The Bertz CT molecular complexity index is 937. The van der Waals surface area contributed by atoms with E-state index < -0.39 is 0 Å². The molecular formula is C20H17ClN2OS. The predicted molar refractivity (Wildman–Crippen MR) is 103 cm³/mol. The Morgan fingerprint density at radius 1 is 1.24 bits per heavy atom. The fourth-order valence-corrected chi connectivity index (χ4v) is 4.47. The molecule has 1 atom stereocenters. The highest BCUT2D eigenvalue weighted by molar-refractivity contribution is 7.13. The average Bonchev–Trinajstić information content (AvgIpc) is 3.18. The number of hydrogen-bond acceptors (Lipinski definition) is 3. The van der Waals surface area contributed by atoms with Gasteiger partial charge in [-0.05, 0) is 31.0 Å². The van der Waals surface area contributed by atoms with Crippen LogP contribution in [-0.4, -0.2) is 16.9 Å². The lowest BCUT2D eigenvalue weighted by Gasteiger charge is -2.22. The number of aromatic nitrogens is 1. The largest absolute Gasteiger partial charge is 0.309 e. The second kappa shape index (κ2) is 6.62. The molecule has 0 aliphatic carbocycles. The summed E-state index contributed by atoms with van der Waals surface area (Å²) in [7, 11) is 0. The summed E-state index contributed by atoms with van der Waals surface area (Å²) in [6.45, 7) is 2.09. The minimum atomic E-state index is 0.0912. The third-order valence-electron chi connectivity index (χ3n) is 4.46. The van der Waals surface area contributed by atoms with Crippen molar-refractivity contribution in [3.05, 3.63) is 70.2 Å². The Labute approximate surface area is 155 Å². The molecule has 1 aliphatic rings. The van der Waals surface area contributed by atoms with E-state index in [-0.39, 0.29) is 11.9 Å². The van der Waals surface area contributed by atoms with Crippen LogP contribution in [0.3, 0.4) is 0 Å². The van der Waals surface area contributed by atoms with Crippen LogP contribution in [0.25, 0.3) is 10.6 Å². The molecule has 0 spiro atoms. The summed E-state index contributed by atoms with van der Waals surface area (Å²) in [6, 6.07) is 16.0. The molecular weight excluding hydrogens is 352 g/mol. The topological polar surface area (TPSA) is 33.2 Å². The standard InChI is InChI=1S/C20H17ClN2OS/c1-13-10-14-6-2-5-9-18(14)23(13)19(24)11-15-12-25-20(22-15)16-7-3-4-8-17(16)21/h2-9,12-13H,10-11H2,1H3. The van der Waals surface area contributed by atoms with Crippen molar-refractivity contribution in [3.63, 3.8) is 0 Å². The van der Waals surface area contributed by atoms with Crippen molar-refractivity contribution in [1.82, 2.24) is 4.98 Å². The van der Waals surface area contributed by atoms with Crippen LogP contribution in [0.1, 0.15) is 18.2 Å². The van der Waals surface area contributed by atoms with Gasteiger partial charge in [-0.25, -0.2) is 4.98 Å². The molecule has 3 nitrogen and oxygen atoms in total. The van der Waals surface area contributed by atoms with Crippen LogP contribution in [0.5, 0.6) is 0 Å². The van der Waals surface area contributed by atoms with Crippen molar-refractivity contribution in [3.8, 4) is 10.6 Å². The van der Waals surface area contributed by atoms with Crippen LogP contribution in [0.4, 0.5) is 5.69 Å². The first-order valence-corrected chi connectivity index (χ1v) is 9.48. The smallest absolute Gasteiger partial charge is 0.233 e. The van der Waals surface area contributed by atoms with E-state index >= 15 is 0 Å². The van der Waals surface area contributed by atoms with E-state index in [0.717, 1.165) is 28.4 Å². The summed E-state index contributed by atoms with van der Waals surface area (Å²) in [4.78, 5) is 19.4. The van der Waals surface area contributed by atoms with Crippen molar-refractivity contribution in [2.24, 2.45) is 0 Å². The molecule has 0 bridgehead atoms. The van der Waals surface area contributed by atoms with Crippen LogP contribution in [0, 0.1) is 0 Å². The lowest BCUT2D eigenvalue weighted by molar-refractivity contribution is -0.118. The van der Waals surface area contributed by atoms with Crippen LogP contribution in [0.2, 0.25) is 5.02 Å². The van der Waals surface area contributed by atoms with Gasteiger partial charge in [0.15, 0.2) is 0 Å². The molecule has 0 fully saturated rings. The van der Waals surface area contributed by atoms with E-state index in [0.29, 0.717) is 11.4 Å². The van der Waals surface area contributed by atoms with Gasteiger partial charge in [-0.15, -0.1) is 11.3 Å². The molecule has 0 N–H and O–H groups in total. The average molecular weight is 369 g/mol. The van der Waals surface area contributed by atoms with Gasteiger partial charge in [-0.2, -0.15) is 0 Å². The number of carbonyl (C=O) groups is 1. The number of thiazole rings is 1. The van der Waals surface area contributed by atoms with Crippen molar-refractivity contribution >= 4 is 34.5 Å². The predicted octanol–water partition coefficient (Wildman–Crippen LogP) is 4.98. The van der Waals surface area contributed by atoms with E-state index in [1.54, 1.807) is 0 Å². The molecule has 0 radical (unpaired) electrons. The normalized spacial score (nSPS) is 16.1. The quantitative estimate of drug-likeness (QED) is 0.653. The first-order valence-electron chi connectivity index (χ1n) is 8.23. The second-order valence-electron chi connectivity index (χ2n) is 6.25. The summed E-state index contributed by atoms with van der Waals surface area (Å²) in [6.07, 6.45) is 1.21. The molecule has 25 heavy (non-hydrogen) atoms. The second-order valence-corrected chi connectivity index (χ2v) is 7.51. The fourth-order valence-electron chi connectivity index (χ4n) is 3.33. The third kappa shape index (κ3) is 3.08. The molecule has 1 unspecified atom stereocenters. The molecule has 4 rings (SSSR count). The number of carbonyl (C=O) groups excluding carboxylic acids is 1. The number of anilines is 1. The number of benzene rings is 2. The zero-order chi connectivity index (χ0) is 17.4. The van der Waals surface area contributed by atoms with Crippen molar-refractivity contribution in [1.29, 1.82) is 0 Å². The maximum Gasteiger partial charge on any atom is 0.233 e. The van der Waals surface area contributed by atoms with Crippen LogP contribution < -0.4 is 4.90 Å². The van der Waals surface area contributed by atoms with Gasteiger partial charge in [0.1, 0.15) is 5.01 Å². The molecule has 1 aliphatic heterocycles. The zero-order valence-corrected chi connectivity index (χ0v) is 15.3. The molecule has 0 saturated carbocycles. The van der Waals surface area contributed by atoms with Crippen LogP contribution in [-0.2, 0) is 17.6 Å². The van der Waals surface area contributed by atoms with E-state index in [1.165, 1.54) is 16.9 Å². The highest BCUT2D eigenvalue weighted by atomic mass is 35.5. The molecule has 126 valence electrons. The highest BCUT2D eigenvalue weighted by Crippen LogP contribution is 2.33. The van der Waals surface area contributed by atoms with Gasteiger partial charge in [0.2, 0.25) is 5.91 Å². The Morgan fingerprint density at radius 2 is 2.00 bits per heavy atom. The lowest BCUT2D eigenvalue weighted by Crippen LogP contribution is -2.36. The maximum atomic E-state index is 12.9. The number of fused-ring (bicyclic) bond motifs is 1. The number of nitrogens with zero attached hydrogens (tertiary/aromatic N) is 2. The minimum Gasteiger partial charge on any atom is -0.309 e. The molecule has 1 aromatic heterocycles. The number of hydrogen-bond donors (Lipinski definition) is 0. The Hall–Kier alpha value is -2.17. The molecule has 2 heterocycles. The van der Waals surface area contributed by atoms with E-state index in [9.17, 15) is 4.79 Å². The van der Waals surface area contributed by atoms with Gasteiger partial charge in [-0.1, -0.05) is 48.0 Å². The molecule has 1 amide bonds. The molecule has 2 aromatic carbocycles. The third-order valence-corrected chi connectivity index (χ3v) is 5.72.